The summed E-state index contributed by atoms with van der Waals surface area (Å²) in [5.41, 5.74) is 0.911. The fraction of sp³-hybridized carbons (Fsp3) is 0.316. The standard InChI is InChI=1S/C19H20F2N2O5/c1-11(24)16(6-13-4-14(20)8-15(21)5-13)23(22)19(25)26-9-12-2-3-17-18(7-12)28-10-27-17/h2-5,7-8,11,16,24H,6,9-10,22H2,1H3. The van der Waals surface area contributed by atoms with Gasteiger partial charge in [0.1, 0.15) is 18.2 Å². The largest absolute Gasteiger partial charge is 0.454 e. The first-order valence-corrected chi connectivity index (χ1v) is 8.55. The van der Waals surface area contributed by atoms with Crippen molar-refractivity contribution in [1.29, 1.82) is 0 Å². The summed E-state index contributed by atoms with van der Waals surface area (Å²) in [5.74, 6) is 5.45. The summed E-state index contributed by atoms with van der Waals surface area (Å²) in [6.07, 6.45) is -2.00. The minimum absolute atomic E-state index is 0.0536. The SMILES string of the molecule is CC(O)C(Cc1cc(F)cc(F)c1)N(N)C(=O)OCc1ccc2c(c1)OCO2. The molecule has 150 valence electrons. The van der Waals surface area contributed by atoms with Crippen LogP contribution in [-0.2, 0) is 17.8 Å². The third-order valence-electron chi connectivity index (χ3n) is 4.29. The Bertz CT molecular complexity index is 842. The maximum atomic E-state index is 13.4. The lowest BCUT2D eigenvalue weighted by Gasteiger charge is -2.29. The Kier molecular flexibility index (Phi) is 5.96. The molecule has 0 saturated carbocycles. The Morgan fingerprint density at radius 2 is 1.86 bits per heavy atom. The van der Waals surface area contributed by atoms with Crippen molar-refractivity contribution in [3.8, 4) is 11.5 Å². The Labute approximate surface area is 160 Å². The first-order valence-electron chi connectivity index (χ1n) is 8.55. The molecular formula is C19H20F2N2O5. The molecule has 0 radical (unpaired) electrons. The van der Waals surface area contributed by atoms with Crippen LogP contribution in [0.4, 0.5) is 13.6 Å². The van der Waals surface area contributed by atoms with E-state index in [1.54, 1.807) is 18.2 Å². The number of benzene rings is 2. The summed E-state index contributed by atoms with van der Waals surface area (Å²) in [7, 11) is 0. The molecule has 0 saturated heterocycles. The zero-order valence-corrected chi connectivity index (χ0v) is 15.1. The number of rotatable bonds is 6. The molecule has 1 heterocycles. The molecule has 9 heteroatoms. The fourth-order valence-electron chi connectivity index (χ4n) is 2.86. The van der Waals surface area contributed by atoms with E-state index >= 15 is 0 Å². The molecular weight excluding hydrogens is 374 g/mol. The van der Waals surface area contributed by atoms with Crippen molar-refractivity contribution >= 4 is 6.09 Å². The summed E-state index contributed by atoms with van der Waals surface area (Å²) in [6.45, 7) is 1.47. The summed E-state index contributed by atoms with van der Waals surface area (Å²) in [5, 5.41) is 10.7. The van der Waals surface area contributed by atoms with Crippen LogP contribution in [-0.4, -0.2) is 35.1 Å². The number of carbonyl (C=O) groups is 1. The number of carbonyl (C=O) groups excluding carboxylic acids is 1. The highest BCUT2D eigenvalue weighted by Gasteiger charge is 2.27. The molecule has 0 aliphatic carbocycles. The molecule has 3 N–H and O–H groups in total. The topological polar surface area (TPSA) is 94.3 Å². The molecule has 7 nitrogen and oxygen atoms in total. The molecule has 2 aromatic carbocycles. The van der Waals surface area contributed by atoms with E-state index in [-0.39, 0.29) is 25.4 Å². The number of hydrogen-bond donors (Lipinski definition) is 2. The van der Waals surface area contributed by atoms with Crippen molar-refractivity contribution in [3.63, 3.8) is 0 Å². The number of amides is 1. The number of hydrazine groups is 1. The Morgan fingerprint density at radius 1 is 1.18 bits per heavy atom. The van der Waals surface area contributed by atoms with E-state index in [1.165, 1.54) is 6.92 Å². The van der Waals surface area contributed by atoms with Crippen LogP contribution in [0.25, 0.3) is 0 Å². The van der Waals surface area contributed by atoms with Crippen LogP contribution < -0.4 is 15.3 Å². The summed E-state index contributed by atoms with van der Waals surface area (Å²) in [6, 6.07) is 7.12. The van der Waals surface area contributed by atoms with Crippen LogP contribution in [0.15, 0.2) is 36.4 Å². The van der Waals surface area contributed by atoms with Crippen molar-refractivity contribution < 1.29 is 32.9 Å². The molecule has 2 unspecified atom stereocenters. The Balaban J connectivity index is 1.63. The molecule has 0 spiro atoms. The van der Waals surface area contributed by atoms with Gasteiger partial charge in [-0.1, -0.05) is 6.07 Å². The van der Waals surface area contributed by atoms with Gasteiger partial charge in [0, 0.05) is 6.07 Å². The van der Waals surface area contributed by atoms with E-state index in [0.717, 1.165) is 23.2 Å². The number of aliphatic hydroxyl groups excluding tert-OH is 1. The van der Waals surface area contributed by atoms with Crippen LogP contribution >= 0.6 is 0 Å². The molecule has 0 aromatic heterocycles. The summed E-state index contributed by atoms with van der Waals surface area (Å²) in [4.78, 5) is 12.3. The predicted octanol–water partition coefficient (Wildman–Crippen LogP) is 2.50. The average Bonchev–Trinajstić information content (AvgIpc) is 3.10. The lowest BCUT2D eigenvalue weighted by Crippen LogP contribution is -2.51. The van der Waals surface area contributed by atoms with Gasteiger partial charge in [0.05, 0.1) is 12.1 Å². The summed E-state index contributed by atoms with van der Waals surface area (Å²) >= 11 is 0. The van der Waals surface area contributed by atoms with Gasteiger partial charge >= 0.3 is 6.09 Å². The lowest BCUT2D eigenvalue weighted by atomic mass is 10.0. The molecule has 0 fully saturated rings. The van der Waals surface area contributed by atoms with Crippen LogP contribution in [0, 0.1) is 11.6 Å². The Hall–Kier alpha value is -2.91. The molecule has 2 atom stereocenters. The molecule has 28 heavy (non-hydrogen) atoms. The van der Waals surface area contributed by atoms with E-state index in [2.05, 4.69) is 0 Å². The van der Waals surface area contributed by atoms with Gasteiger partial charge in [0.2, 0.25) is 6.79 Å². The van der Waals surface area contributed by atoms with Gasteiger partial charge in [0.15, 0.2) is 11.5 Å². The molecule has 1 aliphatic heterocycles. The molecule has 0 bridgehead atoms. The number of nitrogens with two attached hydrogens (primary N) is 1. The molecule has 3 rings (SSSR count). The quantitative estimate of drug-likeness (QED) is 0.444. The second-order valence-electron chi connectivity index (χ2n) is 6.44. The normalized spacial score (nSPS) is 14.5. The highest BCUT2D eigenvalue weighted by molar-refractivity contribution is 5.67. The lowest BCUT2D eigenvalue weighted by molar-refractivity contribution is 0.0370. The highest BCUT2D eigenvalue weighted by atomic mass is 19.1. The Morgan fingerprint density at radius 3 is 2.54 bits per heavy atom. The minimum atomic E-state index is -1.06. The van der Waals surface area contributed by atoms with Gasteiger partial charge in [-0.05, 0) is 48.7 Å². The number of nitrogens with zero attached hydrogens (tertiary/aromatic N) is 1. The minimum Gasteiger partial charge on any atom is -0.454 e. The number of fused-ring (bicyclic) bond motifs is 1. The first-order chi connectivity index (χ1) is 13.3. The van der Waals surface area contributed by atoms with Crippen molar-refractivity contribution in [1.82, 2.24) is 5.01 Å². The van der Waals surface area contributed by atoms with Crippen LogP contribution in [0.5, 0.6) is 11.5 Å². The summed E-state index contributed by atoms with van der Waals surface area (Å²) < 4.78 is 42.4. The smallest absolute Gasteiger partial charge is 0.424 e. The fourth-order valence-corrected chi connectivity index (χ4v) is 2.86. The van der Waals surface area contributed by atoms with E-state index in [0.29, 0.717) is 17.1 Å². The zero-order valence-electron chi connectivity index (χ0n) is 15.1. The van der Waals surface area contributed by atoms with E-state index in [1.807, 2.05) is 0 Å². The third-order valence-corrected chi connectivity index (χ3v) is 4.29. The maximum absolute atomic E-state index is 13.4. The molecule has 1 aliphatic rings. The van der Waals surface area contributed by atoms with Crippen molar-refractivity contribution in [2.45, 2.75) is 32.1 Å². The predicted molar refractivity (Wildman–Crippen MR) is 94.3 cm³/mol. The van der Waals surface area contributed by atoms with Gasteiger partial charge in [-0.2, -0.15) is 0 Å². The number of halogens is 2. The monoisotopic (exact) mass is 394 g/mol. The molecule has 2 aromatic rings. The van der Waals surface area contributed by atoms with Gasteiger partial charge in [-0.25, -0.2) is 24.4 Å². The zero-order chi connectivity index (χ0) is 20.3. The van der Waals surface area contributed by atoms with E-state index < -0.39 is 29.9 Å². The second-order valence-corrected chi connectivity index (χ2v) is 6.44. The van der Waals surface area contributed by atoms with E-state index in [9.17, 15) is 18.7 Å². The van der Waals surface area contributed by atoms with Gasteiger partial charge in [0.25, 0.3) is 0 Å². The number of ether oxygens (including phenoxy) is 3. The maximum Gasteiger partial charge on any atom is 0.424 e. The molecule has 1 amide bonds. The van der Waals surface area contributed by atoms with Crippen molar-refractivity contribution in [2.75, 3.05) is 6.79 Å². The van der Waals surface area contributed by atoms with Crippen molar-refractivity contribution in [2.24, 2.45) is 5.84 Å². The highest BCUT2D eigenvalue weighted by Crippen LogP contribution is 2.32. The number of aliphatic hydroxyl groups is 1. The van der Waals surface area contributed by atoms with Gasteiger partial charge in [-0.3, -0.25) is 0 Å². The first kappa shape index (κ1) is 19.8. The third kappa shape index (κ3) is 4.68. The van der Waals surface area contributed by atoms with Crippen molar-refractivity contribution in [3.05, 3.63) is 59.2 Å². The second kappa shape index (κ2) is 8.41. The van der Waals surface area contributed by atoms with Crippen LogP contribution in [0.2, 0.25) is 0 Å². The van der Waals surface area contributed by atoms with Crippen LogP contribution in [0.3, 0.4) is 0 Å². The van der Waals surface area contributed by atoms with Gasteiger partial charge in [-0.15, -0.1) is 0 Å². The average molecular weight is 394 g/mol. The van der Waals surface area contributed by atoms with Gasteiger partial charge < -0.3 is 19.3 Å². The van der Waals surface area contributed by atoms with Crippen LogP contribution in [0.1, 0.15) is 18.1 Å². The van der Waals surface area contributed by atoms with E-state index in [4.69, 9.17) is 20.1 Å². The number of hydrogen-bond acceptors (Lipinski definition) is 6.